The van der Waals surface area contributed by atoms with Crippen LogP contribution in [0, 0.1) is 0 Å². The molecular weight excluding hydrogens is 230 g/mol. The molecule has 2 aromatic rings. The van der Waals surface area contributed by atoms with Gasteiger partial charge in [-0.05, 0) is 24.3 Å². The summed E-state index contributed by atoms with van der Waals surface area (Å²) in [5.74, 6) is 0. The summed E-state index contributed by atoms with van der Waals surface area (Å²) in [6.45, 7) is 0.513. The normalized spacial score (nSPS) is 10.0. The molecule has 2 heterocycles. The molecule has 0 saturated carbocycles. The summed E-state index contributed by atoms with van der Waals surface area (Å²) >= 11 is 0. The summed E-state index contributed by atoms with van der Waals surface area (Å²) in [7, 11) is 0. The van der Waals surface area contributed by atoms with E-state index in [-0.39, 0.29) is 13.1 Å². The van der Waals surface area contributed by atoms with Crippen LogP contribution in [0.1, 0.15) is 11.4 Å². The van der Waals surface area contributed by atoms with Crippen LogP contribution in [0.15, 0.2) is 48.8 Å². The van der Waals surface area contributed by atoms with Crippen LogP contribution in [0.3, 0.4) is 0 Å². The zero-order valence-corrected chi connectivity index (χ0v) is 9.73. The van der Waals surface area contributed by atoms with Gasteiger partial charge in [0.1, 0.15) is 0 Å². The number of pyridine rings is 2. The zero-order valence-electron chi connectivity index (χ0n) is 9.73. The van der Waals surface area contributed by atoms with Gasteiger partial charge >= 0.3 is 6.09 Å². The van der Waals surface area contributed by atoms with Crippen LogP contribution in [0.2, 0.25) is 0 Å². The molecular formula is C13H13N3O2. The Labute approximate surface area is 105 Å². The molecule has 0 aliphatic heterocycles. The van der Waals surface area contributed by atoms with Gasteiger partial charge in [-0.15, -0.1) is 0 Å². The summed E-state index contributed by atoms with van der Waals surface area (Å²) in [4.78, 5) is 20.7. The molecule has 0 atom stereocenters. The van der Waals surface area contributed by atoms with E-state index in [1.54, 1.807) is 36.7 Å². The van der Waals surface area contributed by atoms with Gasteiger partial charge in [0.2, 0.25) is 0 Å². The number of carboxylic acid groups (broad SMARTS) is 1. The number of aromatic nitrogens is 2. The lowest BCUT2D eigenvalue weighted by Gasteiger charge is -2.18. The second kappa shape index (κ2) is 5.77. The Morgan fingerprint density at radius 2 is 1.50 bits per heavy atom. The number of rotatable bonds is 4. The predicted octanol–water partition coefficient (Wildman–Crippen LogP) is 2.16. The van der Waals surface area contributed by atoms with Crippen molar-refractivity contribution in [3.63, 3.8) is 0 Å². The molecule has 0 fully saturated rings. The molecule has 92 valence electrons. The van der Waals surface area contributed by atoms with E-state index in [0.717, 1.165) is 11.4 Å². The van der Waals surface area contributed by atoms with Crippen molar-refractivity contribution in [2.75, 3.05) is 0 Å². The fraction of sp³-hybridized carbons (Fsp3) is 0.154. The SMILES string of the molecule is O=C(O)N(Cc1ccccn1)Cc1ccccn1. The van der Waals surface area contributed by atoms with Crippen LogP contribution in [0.4, 0.5) is 4.79 Å². The first-order valence-corrected chi connectivity index (χ1v) is 5.53. The first-order chi connectivity index (χ1) is 8.75. The Kier molecular flexibility index (Phi) is 3.86. The van der Waals surface area contributed by atoms with Crippen LogP contribution >= 0.6 is 0 Å². The molecule has 5 heteroatoms. The molecule has 0 unspecified atom stereocenters. The Morgan fingerprint density at radius 3 is 1.83 bits per heavy atom. The maximum atomic E-state index is 11.2. The molecule has 0 aliphatic rings. The third kappa shape index (κ3) is 3.28. The Balaban J connectivity index is 2.08. The fourth-order valence-electron chi connectivity index (χ4n) is 1.57. The van der Waals surface area contributed by atoms with Gasteiger partial charge in [-0.3, -0.25) is 14.9 Å². The lowest BCUT2D eigenvalue weighted by atomic mass is 10.3. The average Bonchev–Trinajstić information content (AvgIpc) is 2.40. The number of amides is 1. The van der Waals surface area contributed by atoms with Crippen molar-refractivity contribution in [1.82, 2.24) is 14.9 Å². The van der Waals surface area contributed by atoms with Crippen LogP contribution in [-0.4, -0.2) is 26.1 Å². The van der Waals surface area contributed by atoms with Gasteiger partial charge in [-0.1, -0.05) is 12.1 Å². The van der Waals surface area contributed by atoms with E-state index >= 15 is 0 Å². The maximum absolute atomic E-state index is 11.2. The molecule has 2 rings (SSSR count). The Morgan fingerprint density at radius 1 is 1.00 bits per heavy atom. The maximum Gasteiger partial charge on any atom is 0.408 e. The van der Waals surface area contributed by atoms with Gasteiger partial charge in [0, 0.05) is 12.4 Å². The number of hydrogen-bond acceptors (Lipinski definition) is 3. The molecule has 0 bridgehead atoms. The molecule has 0 radical (unpaired) electrons. The largest absolute Gasteiger partial charge is 0.465 e. The van der Waals surface area contributed by atoms with Crippen LogP contribution in [-0.2, 0) is 13.1 Å². The van der Waals surface area contributed by atoms with E-state index in [9.17, 15) is 4.79 Å². The second-order valence-corrected chi connectivity index (χ2v) is 3.78. The van der Waals surface area contributed by atoms with Crippen molar-refractivity contribution in [2.45, 2.75) is 13.1 Å². The van der Waals surface area contributed by atoms with Crippen molar-refractivity contribution in [1.29, 1.82) is 0 Å². The molecule has 0 saturated heterocycles. The zero-order chi connectivity index (χ0) is 12.8. The van der Waals surface area contributed by atoms with Crippen molar-refractivity contribution in [3.8, 4) is 0 Å². The number of carbonyl (C=O) groups is 1. The summed E-state index contributed by atoms with van der Waals surface area (Å²) in [5, 5.41) is 9.17. The van der Waals surface area contributed by atoms with Crippen molar-refractivity contribution in [2.24, 2.45) is 0 Å². The standard InChI is InChI=1S/C13H13N3O2/c17-13(18)16(9-11-5-1-3-7-14-11)10-12-6-2-4-8-15-12/h1-8H,9-10H2,(H,17,18). The quantitative estimate of drug-likeness (QED) is 0.893. The minimum absolute atomic E-state index is 0.257. The first kappa shape index (κ1) is 12.0. The molecule has 5 nitrogen and oxygen atoms in total. The fourth-order valence-corrected chi connectivity index (χ4v) is 1.57. The first-order valence-electron chi connectivity index (χ1n) is 5.53. The predicted molar refractivity (Wildman–Crippen MR) is 65.7 cm³/mol. The Hall–Kier alpha value is -2.43. The van der Waals surface area contributed by atoms with E-state index in [1.165, 1.54) is 4.90 Å². The number of nitrogens with zero attached hydrogens (tertiary/aromatic N) is 3. The van der Waals surface area contributed by atoms with Crippen LogP contribution < -0.4 is 0 Å². The topological polar surface area (TPSA) is 66.3 Å². The summed E-state index contributed by atoms with van der Waals surface area (Å²) in [6.07, 6.45) is 2.32. The van der Waals surface area contributed by atoms with Gasteiger partial charge in [0.05, 0.1) is 24.5 Å². The van der Waals surface area contributed by atoms with Crippen molar-refractivity contribution >= 4 is 6.09 Å². The molecule has 1 amide bonds. The monoisotopic (exact) mass is 243 g/mol. The van der Waals surface area contributed by atoms with Crippen molar-refractivity contribution < 1.29 is 9.90 Å². The van der Waals surface area contributed by atoms with E-state index < -0.39 is 6.09 Å². The lowest BCUT2D eigenvalue weighted by Crippen LogP contribution is -2.29. The summed E-state index contributed by atoms with van der Waals surface area (Å²) in [5.41, 5.74) is 1.44. The molecule has 1 N–H and O–H groups in total. The van der Waals surface area contributed by atoms with Gasteiger partial charge in [-0.25, -0.2) is 4.79 Å². The third-order valence-corrected chi connectivity index (χ3v) is 2.43. The number of hydrogen-bond donors (Lipinski definition) is 1. The summed E-state index contributed by atoms with van der Waals surface area (Å²) in [6, 6.07) is 10.9. The average molecular weight is 243 g/mol. The van der Waals surface area contributed by atoms with Gasteiger partial charge in [0.25, 0.3) is 0 Å². The van der Waals surface area contributed by atoms with Crippen molar-refractivity contribution in [3.05, 3.63) is 60.2 Å². The highest BCUT2D eigenvalue weighted by Crippen LogP contribution is 2.06. The highest BCUT2D eigenvalue weighted by Gasteiger charge is 2.13. The third-order valence-electron chi connectivity index (χ3n) is 2.43. The highest BCUT2D eigenvalue weighted by atomic mass is 16.4. The second-order valence-electron chi connectivity index (χ2n) is 3.78. The molecule has 2 aromatic heterocycles. The van der Waals surface area contributed by atoms with E-state index in [0.29, 0.717) is 0 Å². The molecule has 0 spiro atoms. The highest BCUT2D eigenvalue weighted by molar-refractivity contribution is 5.64. The van der Waals surface area contributed by atoms with Gasteiger partial charge in [-0.2, -0.15) is 0 Å². The van der Waals surface area contributed by atoms with Crippen LogP contribution in [0.5, 0.6) is 0 Å². The van der Waals surface area contributed by atoms with E-state index in [2.05, 4.69) is 9.97 Å². The van der Waals surface area contributed by atoms with Crippen LogP contribution in [0.25, 0.3) is 0 Å². The Bertz CT molecular complexity index is 461. The van der Waals surface area contributed by atoms with E-state index in [4.69, 9.17) is 5.11 Å². The smallest absolute Gasteiger partial charge is 0.408 e. The molecule has 0 aliphatic carbocycles. The lowest BCUT2D eigenvalue weighted by molar-refractivity contribution is 0.138. The molecule has 18 heavy (non-hydrogen) atoms. The summed E-state index contributed by atoms with van der Waals surface area (Å²) < 4.78 is 0. The minimum Gasteiger partial charge on any atom is -0.465 e. The minimum atomic E-state index is -0.980. The van der Waals surface area contributed by atoms with Gasteiger partial charge < -0.3 is 5.11 Å². The molecule has 0 aromatic carbocycles. The van der Waals surface area contributed by atoms with Gasteiger partial charge in [0.15, 0.2) is 0 Å². The van der Waals surface area contributed by atoms with E-state index in [1.807, 2.05) is 12.1 Å².